The Labute approximate surface area is 185 Å². The van der Waals surface area contributed by atoms with Crippen molar-refractivity contribution < 1.29 is 27.4 Å². The maximum Gasteiger partial charge on any atom is 0.416 e. The highest BCUT2D eigenvalue weighted by atomic mass is 35.5. The molecule has 31 heavy (non-hydrogen) atoms. The third kappa shape index (κ3) is 5.71. The number of hydrogen-bond acceptors (Lipinski definition) is 6. The van der Waals surface area contributed by atoms with Crippen LogP contribution in [0.5, 0.6) is 11.5 Å². The molecule has 2 aromatic rings. The summed E-state index contributed by atoms with van der Waals surface area (Å²) in [6.45, 7) is 0. The first kappa shape index (κ1) is 23.0. The lowest BCUT2D eigenvalue weighted by Gasteiger charge is -2.12. The number of ether oxygens (including phenoxy) is 2. The van der Waals surface area contributed by atoms with E-state index in [1.54, 1.807) is 18.2 Å². The molecule has 2 aromatic carbocycles. The van der Waals surface area contributed by atoms with Crippen LogP contribution in [0.25, 0.3) is 0 Å². The zero-order valence-corrected chi connectivity index (χ0v) is 17.9. The largest absolute Gasteiger partial charge is 0.493 e. The Hall–Kier alpha value is -2.72. The van der Waals surface area contributed by atoms with E-state index in [0.29, 0.717) is 17.1 Å². The van der Waals surface area contributed by atoms with E-state index < -0.39 is 17.0 Å². The fourth-order valence-corrected chi connectivity index (χ4v) is 3.92. The van der Waals surface area contributed by atoms with Crippen molar-refractivity contribution in [3.8, 4) is 11.5 Å². The van der Waals surface area contributed by atoms with Gasteiger partial charge in [0.05, 0.1) is 31.2 Å². The van der Waals surface area contributed by atoms with Gasteiger partial charge in [-0.05, 0) is 53.9 Å². The van der Waals surface area contributed by atoms with E-state index in [1.807, 2.05) is 0 Å². The number of benzene rings is 2. The van der Waals surface area contributed by atoms with Gasteiger partial charge in [-0.25, -0.2) is 0 Å². The summed E-state index contributed by atoms with van der Waals surface area (Å²) in [6.07, 6.45) is -2.99. The van der Waals surface area contributed by atoms with Crippen LogP contribution in [0.15, 0.2) is 46.6 Å². The maximum absolute atomic E-state index is 12.9. The molecule has 0 aromatic heterocycles. The molecule has 1 aliphatic rings. The highest BCUT2D eigenvalue weighted by molar-refractivity contribution is 8.15. The van der Waals surface area contributed by atoms with Crippen molar-refractivity contribution in [2.24, 2.45) is 10.2 Å². The number of hydrogen-bond donors (Lipinski definition) is 1. The standard InChI is InChI=1S/C20H17ClF3N3O3S/c1-29-15-6-3-11(7-16(15)30-2)10-25-27-19-26-18(28)17(31-19)9-12-8-13(20(22,23)24)4-5-14(12)21/h3-8,10,17H,9H2,1-2H3,(H,26,27,28)/b25-10-/t17-/m1/s1. The van der Waals surface area contributed by atoms with Crippen LogP contribution in [0.3, 0.4) is 0 Å². The number of thioether (sulfide) groups is 1. The summed E-state index contributed by atoms with van der Waals surface area (Å²) in [4.78, 5) is 12.2. The third-order valence-electron chi connectivity index (χ3n) is 4.32. The van der Waals surface area contributed by atoms with Crippen LogP contribution in [0.1, 0.15) is 16.7 Å². The van der Waals surface area contributed by atoms with E-state index in [9.17, 15) is 18.0 Å². The van der Waals surface area contributed by atoms with Gasteiger partial charge >= 0.3 is 6.18 Å². The molecule has 0 radical (unpaired) electrons. The molecule has 1 amide bonds. The smallest absolute Gasteiger partial charge is 0.416 e. The van der Waals surface area contributed by atoms with Crippen LogP contribution in [0.4, 0.5) is 13.2 Å². The average Bonchev–Trinajstić information content (AvgIpc) is 3.07. The van der Waals surface area contributed by atoms with Crippen molar-refractivity contribution in [1.82, 2.24) is 5.32 Å². The Balaban J connectivity index is 1.69. The molecule has 0 unspecified atom stereocenters. The van der Waals surface area contributed by atoms with E-state index in [1.165, 1.54) is 26.5 Å². The molecule has 1 saturated heterocycles. The fourth-order valence-electron chi connectivity index (χ4n) is 2.77. The molecule has 1 N–H and O–H groups in total. The van der Waals surface area contributed by atoms with E-state index in [4.69, 9.17) is 21.1 Å². The summed E-state index contributed by atoms with van der Waals surface area (Å²) in [5.74, 6) is 0.722. The van der Waals surface area contributed by atoms with Gasteiger partial charge in [-0.1, -0.05) is 23.4 Å². The Kier molecular flexibility index (Phi) is 7.11. The quantitative estimate of drug-likeness (QED) is 0.496. The molecule has 1 aliphatic heterocycles. The molecular formula is C20H17ClF3N3O3S. The van der Waals surface area contributed by atoms with Crippen LogP contribution in [-0.2, 0) is 17.4 Å². The number of nitrogens with one attached hydrogen (secondary N) is 1. The van der Waals surface area contributed by atoms with Crippen LogP contribution < -0.4 is 14.8 Å². The van der Waals surface area contributed by atoms with Crippen molar-refractivity contribution in [3.63, 3.8) is 0 Å². The third-order valence-corrected chi connectivity index (χ3v) is 5.76. The summed E-state index contributed by atoms with van der Waals surface area (Å²) in [7, 11) is 3.04. The number of methoxy groups -OCH3 is 2. The minimum Gasteiger partial charge on any atom is -0.493 e. The maximum atomic E-state index is 12.9. The minimum atomic E-state index is -4.49. The van der Waals surface area contributed by atoms with E-state index >= 15 is 0 Å². The van der Waals surface area contributed by atoms with Crippen molar-refractivity contribution in [2.45, 2.75) is 17.8 Å². The predicted molar refractivity (Wildman–Crippen MR) is 114 cm³/mol. The van der Waals surface area contributed by atoms with E-state index in [-0.39, 0.29) is 28.1 Å². The van der Waals surface area contributed by atoms with E-state index in [0.717, 1.165) is 23.9 Å². The summed E-state index contributed by atoms with van der Waals surface area (Å²) in [6, 6.07) is 8.23. The normalized spacial score (nSPS) is 17.9. The summed E-state index contributed by atoms with van der Waals surface area (Å²) < 4.78 is 49.2. The molecule has 164 valence electrons. The molecule has 1 atom stereocenters. The molecule has 0 aliphatic carbocycles. The SMILES string of the molecule is COc1ccc(/C=N\N=C2\NC(=O)[C@@H](Cc3cc(C(F)(F)F)ccc3Cl)S2)cc1OC. The molecule has 0 spiro atoms. The zero-order chi connectivity index (χ0) is 22.6. The summed E-state index contributed by atoms with van der Waals surface area (Å²) in [5.41, 5.74) is 0.117. The number of amidine groups is 1. The minimum absolute atomic E-state index is 0.0255. The van der Waals surface area contributed by atoms with Gasteiger partial charge in [0.15, 0.2) is 16.7 Å². The molecular weight excluding hydrogens is 455 g/mol. The summed E-state index contributed by atoms with van der Waals surface area (Å²) in [5, 5.41) is 10.2. The van der Waals surface area contributed by atoms with Gasteiger partial charge in [0.1, 0.15) is 0 Å². The first-order chi connectivity index (χ1) is 14.7. The lowest BCUT2D eigenvalue weighted by molar-refractivity contribution is -0.137. The van der Waals surface area contributed by atoms with Gasteiger partial charge < -0.3 is 14.8 Å². The first-order valence-electron chi connectivity index (χ1n) is 8.87. The number of halogens is 4. The Morgan fingerprint density at radius 2 is 1.90 bits per heavy atom. The monoisotopic (exact) mass is 471 g/mol. The molecule has 0 saturated carbocycles. The number of alkyl halides is 3. The van der Waals surface area contributed by atoms with Crippen LogP contribution >= 0.6 is 23.4 Å². The Morgan fingerprint density at radius 3 is 2.58 bits per heavy atom. The van der Waals surface area contributed by atoms with Gasteiger partial charge in [-0.15, -0.1) is 5.10 Å². The molecule has 11 heteroatoms. The second-order valence-electron chi connectivity index (χ2n) is 6.37. The van der Waals surface area contributed by atoms with Crippen LogP contribution in [-0.4, -0.2) is 36.8 Å². The van der Waals surface area contributed by atoms with E-state index in [2.05, 4.69) is 15.5 Å². The average molecular weight is 472 g/mol. The topological polar surface area (TPSA) is 72.3 Å². The number of nitrogens with zero attached hydrogens (tertiary/aromatic N) is 2. The van der Waals surface area contributed by atoms with Gasteiger partial charge in [-0.2, -0.15) is 18.3 Å². The second-order valence-corrected chi connectivity index (χ2v) is 7.97. The molecule has 3 rings (SSSR count). The molecule has 1 fully saturated rings. The van der Waals surface area contributed by atoms with Crippen LogP contribution in [0.2, 0.25) is 5.02 Å². The first-order valence-corrected chi connectivity index (χ1v) is 10.1. The van der Waals surface area contributed by atoms with Gasteiger partial charge in [0.2, 0.25) is 5.91 Å². The predicted octanol–water partition coefficient (Wildman–Crippen LogP) is 4.54. The second kappa shape index (κ2) is 9.61. The molecule has 1 heterocycles. The Morgan fingerprint density at radius 1 is 1.16 bits per heavy atom. The van der Waals surface area contributed by atoms with Gasteiger partial charge in [0, 0.05) is 5.02 Å². The van der Waals surface area contributed by atoms with Crippen molar-refractivity contribution in [1.29, 1.82) is 0 Å². The highest BCUT2D eigenvalue weighted by Gasteiger charge is 2.34. The molecule has 6 nitrogen and oxygen atoms in total. The van der Waals surface area contributed by atoms with Gasteiger partial charge in [-0.3, -0.25) is 4.79 Å². The lowest BCUT2D eigenvalue weighted by atomic mass is 10.1. The number of carbonyl (C=O) groups excluding carboxylic acids is 1. The number of rotatable bonds is 6. The lowest BCUT2D eigenvalue weighted by Crippen LogP contribution is -2.26. The van der Waals surface area contributed by atoms with Gasteiger partial charge in [0.25, 0.3) is 0 Å². The summed E-state index contributed by atoms with van der Waals surface area (Å²) >= 11 is 7.10. The van der Waals surface area contributed by atoms with Crippen LogP contribution in [0, 0.1) is 0 Å². The Bertz CT molecular complexity index is 1040. The molecule has 0 bridgehead atoms. The zero-order valence-electron chi connectivity index (χ0n) is 16.4. The number of amides is 1. The number of carbonyl (C=O) groups is 1. The van der Waals surface area contributed by atoms with Crippen molar-refractivity contribution in [3.05, 3.63) is 58.1 Å². The van der Waals surface area contributed by atoms with Crippen molar-refractivity contribution in [2.75, 3.05) is 14.2 Å². The highest BCUT2D eigenvalue weighted by Crippen LogP contribution is 2.34. The van der Waals surface area contributed by atoms with Crippen molar-refractivity contribution >= 4 is 40.7 Å². The fraction of sp³-hybridized carbons (Fsp3) is 0.250.